The lowest BCUT2D eigenvalue weighted by Crippen LogP contribution is -2.25. The molecular weight excluding hydrogens is 440 g/mol. The molecule has 0 radical (unpaired) electrons. The van der Waals surface area contributed by atoms with E-state index in [0.717, 1.165) is 28.6 Å². The standard InChI is InChI=1S/C23H18N6O5/c1-14-5-4-6-15(11-14)25-23(30)22(18-13-24-19-8-3-2-7-17(18)19)27-26-20-10-9-16(28(31)32)12-21(20)29(33)34/h2-13,24,26H,1H3,(H,25,30)/b27-22+. The van der Waals surface area contributed by atoms with Gasteiger partial charge in [0.1, 0.15) is 5.69 Å². The number of non-ortho nitro benzene ring substituents is 1. The lowest BCUT2D eigenvalue weighted by molar-refractivity contribution is -0.393. The second-order valence-corrected chi connectivity index (χ2v) is 7.36. The maximum atomic E-state index is 13.2. The van der Waals surface area contributed by atoms with Crippen molar-refractivity contribution < 1.29 is 14.6 Å². The lowest BCUT2D eigenvalue weighted by atomic mass is 10.1. The fraction of sp³-hybridized carbons (Fsp3) is 0.0435. The summed E-state index contributed by atoms with van der Waals surface area (Å²) >= 11 is 0. The Hall–Kier alpha value is -5.06. The summed E-state index contributed by atoms with van der Waals surface area (Å²) in [4.78, 5) is 37.3. The third kappa shape index (κ3) is 4.58. The largest absolute Gasteiger partial charge is 0.360 e. The minimum Gasteiger partial charge on any atom is -0.360 e. The maximum Gasteiger partial charge on any atom is 0.301 e. The van der Waals surface area contributed by atoms with Gasteiger partial charge < -0.3 is 10.3 Å². The molecule has 0 aliphatic carbocycles. The summed E-state index contributed by atoms with van der Waals surface area (Å²) in [5.74, 6) is -0.549. The Morgan fingerprint density at radius 3 is 2.50 bits per heavy atom. The summed E-state index contributed by atoms with van der Waals surface area (Å²) in [6.45, 7) is 1.89. The van der Waals surface area contributed by atoms with E-state index in [1.165, 1.54) is 6.07 Å². The van der Waals surface area contributed by atoms with Crippen LogP contribution in [-0.4, -0.2) is 26.4 Å². The van der Waals surface area contributed by atoms with Crippen molar-refractivity contribution >= 4 is 45.3 Å². The minimum absolute atomic E-state index is 0.0355. The maximum absolute atomic E-state index is 13.2. The number of H-pyrrole nitrogens is 1. The number of nitrogens with zero attached hydrogens (tertiary/aromatic N) is 3. The number of rotatable bonds is 7. The van der Waals surface area contributed by atoms with Crippen molar-refractivity contribution in [2.45, 2.75) is 6.92 Å². The number of hydrogen-bond donors (Lipinski definition) is 3. The van der Waals surface area contributed by atoms with Gasteiger partial charge in [0, 0.05) is 34.4 Å². The molecule has 1 heterocycles. The first-order chi connectivity index (χ1) is 16.3. The molecule has 0 atom stereocenters. The van der Waals surface area contributed by atoms with Crippen molar-refractivity contribution in [1.82, 2.24) is 4.98 Å². The lowest BCUT2D eigenvalue weighted by Gasteiger charge is -2.10. The van der Waals surface area contributed by atoms with E-state index < -0.39 is 27.1 Å². The molecule has 4 aromatic rings. The molecule has 0 saturated carbocycles. The van der Waals surface area contributed by atoms with Crippen LogP contribution in [0.2, 0.25) is 0 Å². The van der Waals surface area contributed by atoms with Crippen LogP contribution < -0.4 is 10.7 Å². The number of anilines is 2. The Balaban J connectivity index is 1.76. The zero-order chi connectivity index (χ0) is 24.2. The van der Waals surface area contributed by atoms with Crippen LogP contribution in [0.25, 0.3) is 10.9 Å². The molecule has 11 nitrogen and oxygen atoms in total. The molecule has 0 unspecified atom stereocenters. The van der Waals surface area contributed by atoms with E-state index in [0.29, 0.717) is 11.3 Å². The zero-order valence-electron chi connectivity index (χ0n) is 17.8. The normalized spacial score (nSPS) is 11.3. The third-order valence-electron chi connectivity index (χ3n) is 5.01. The molecule has 170 valence electrons. The number of fused-ring (bicyclic) bond motifs is 1. The number of aromatic nitrogens is 1. The first-order valence-corrected chi connectivity index (χ1v) is 10.0. The molecule has 0 aliphatic heterocycles. The van der Waals surface area contributed by atoms with Crippen LogP contribution >= 0.6 is 0 Å². The summed E-state index contributed by atoms with van der Waals surface area (Å²) in [5.41, 5.74) is 4.17. The predicted octanol–water partition coefficient (Wildman–Crippen LogP) is 4.75. The molecule has 1 aromatic heterocycles. The number of para-hydroxylation sites is 1. The van der Waals surface area contributed by atoms with Gasteiger partial charge in [-0.3, -0.25) is 30.4 Å². The van der Waals surface area contributed by atoms with Gasteiger partial charge in [0.2, 0.25) is 0 Å². The zero-order valence-corrected chi connectivity index (χ0v) is 17.8. The quantitative estimate of drug-likeness (QED) is 0.206. The fourth-order valence-corrected chi connectivity index (χ4v) is 3.41. The van der Waals surface area contributed by atoms with Gasteiger partial charge in [-0.25, -0.2) is 0 Å². The second-order valence-electron chi connectivity index (χ2n) is 7.36. The van der Waals surface area contributed by atoms with Crippen LogP contribution in [0.4, 0.5) is 22.7 Å². The van der Waals surface area contributed by atoms with Gasteiger partial charge in [-0.15, -0.1) is 0 Å². The van der Waals surface area contributed by atoms with Gasteiger partial charge in [0.15, 0.2) is 5.71 Å². The first kappa shape index (κ1) is 22.1. The number of hydrogen-bond acceptors (Lipinski definition) is 7. The highest BCUT2D eigenvalue weighted by Crippen LogP contribution is 2.29. The molecule has 3 aromatic carbocycles. The molecule has 0 saturated heterocycles. The number of carbonyl (C=O) groups excluding carboxylic acids is 1. The number of aryl methyl sites for hydroxylation is 1. The Kier molecular flexibility index (Phi) is 5.99. The van der Waals surface area contributed by atoms with Crippen LogP contribution in [0.15, 0.2) is 78.0 Å². The van der Waals surface area contributed by atoms with Crippen molar-refractivity contribution in [3.05, 3.63) is 104 Å². The van der Waals surface area contributed by atoms with Crippen LogP contribution in [0.5, 0.6) is 0 Å². The molecule has 0 bridgehead atoms. The van der Waals surface area contributed by atoms with Gasteiger partial charge in [-0.2, -0.15) is 5.10 Å². The smallest absolute Gasteiger partial charge is 0.301 e. The van der Waals surface area contributed by atoms with E-state index in [-0.39, 0.29) is 11.4 Å². The monoisotopic (exact) mass is 458 g/mol. The van der Waals surface area contributed by atoms with E-state index in [9.17, 15) is 25.0 Å². The number of benzene rings is 3. The van der Waals surface area contributed by atoms with Crippen molar-refractivity contribution in [3.8, 4) is 0 Å². The molecule has 0 aliphatic rings. The highest BCUT2D eigenvalue weighted by atomic mass is 16.6. The molecular formula is C23H18N6O5. The Morgan fingerprint density at radius 1 is 0.971 bits per heavy atom. The average Bonchev–Trinajstić information content (AvgIpc) is 3.23. The molecule has 0 spiro atoms. The SMILES string of the molecule is Cc1cccc(NC(=O)/C(=N/Nc2ccc([N+](=O)[O-])cc2[N+](=O)[O-])c2c[nH]c3ccccc23)c1. The number of amides is 1. The summed E-state index contributed by atoms with van der Waals surface area (Å²) in [6, 6.07) is 17.6. The Labute approximate surface area is 192 Å². The van der Waals surface area contributed by atoms with E-state index >= 15 is 0 Å². The molecule has 0 fully saturated rings. The minimum atomic E-state index is -0.761. The molecule has 11 heteroatoms. The van der Waals surface area contributed by atoms with Gasteiger partial charge in [-0.05, 0) is 36.8 Å². The van der Waals surface area contributed by atoms with Gasteiger partial charge >= 0.3 is 5.69 Å². The summed E-state index contributed by atoms with van der Waals surface area (Å²) in [6.07, 6.45) is 1.62. The van der Waals surface area contributed by atoms with E-state index in [1.807, 2.05) is 37.3 Å². The van der Waals surface area contributed by atoms with Gasteiger partial charge in [-0.1, -0.05) is 30.3 Å². The topological polar surface area (TPSA) is 156 Å². The van der Waals surface area contributed by atoms with Gasteiger partial charge in [0.25, 0.3) is 11.6 Å². The van der Waals surface area contributed by atoms with Crippen molar-refractivity contribution in [2.75, 3.05) is 10.7 Å². The second kappa shape index (κ2) is 9.20. The number of nitro groups is 2. The van der Waals surface area contributed by atoms with Crippen LogP contribution in [-0.2, 0) is 4.79 Å². The van der Waals surface area contributed by atoms with Gasteiger partial charge in [0.05, 0.1) is 15.9 Å². The van der Waals surface area contributed by atoms with E-state index in [4.69, 9.17) is 0 Å². The highest BCUT2D eigenvalue weighted by Gasteiger charge is 2.22. The van der Waals surface area contributed by atoms with E-state index in [1.54, 1.807) is 24.4 Å². The highest BCUT2D eigenvalue weighted by molar-refractivity contribution is 6.50. The van der Waals surface area contributed by atoms with Crippen LogP contribution in [0, 0.1) is 27.2 Å². The first-order valence-electron chi connectivity index (χ1n) is 10.0. The summed E-state index contributed by atoms with van der Waals surface area (Å²) < 4.78 is 0. The average molecular weight is 458 g/mol. The van der Waals surface area contributed by atoms with E-state index in [2.05, 4.69) is 20.8 Å². The fourth-order valence-electron chi connectivity index (χ4n) is 3.41. The summed E-state index contributed by atoms with van der Waals surface area (Å²) in [7, 11) is 0. The van der Waals surface area contributed by atoms with Crippen molar-refractivity contribution in [3.63, 3.8) is 0 Å². The van der Waals surface area contributed by atoms with Crippen molar-refractivity contribution in [1.29, 1.82) is 0 Å². The number of aromatic amines is 1. The van der Waals surface area contributed by atoms with Crippen molar-refractivity contribution in [2.24, 2.45) is 5.10 Å². The molecule has 34 heavy (non-hydrogen) atoms. The molecule has 1 amide bonds. The predicted molar refractivity (Wildman–Crippen MR) is 128 cm³/mol. The third-order valence-corrected chi connectivity index (χ3v) is 5.01. The van der Waals surface area contributed by atoms with Crippen LogP contribution in [0.3, 0.4) is 0 Å². The number of nitrogens with one attached hydrogen (secondary N) is 3. The number of carbonyl (C=O) groups is 1. The van der Waals surface area contributed by atoms with Crippen LogP contribution in [0.1, 0.15) is 11.1 Å². The Morgan fingerprint density at radius 2 is 1.76 bits per heavy atom. The molecule has 4 rings (SSSR count). The number of nitro benzene ring substituents is 2. The summed E-state index contributed by atoms with van der Waals surface area (Å²) in [5, 5.41) is 30.2. The Bertz CT molecular complexity index is 1460. The number of hydrazone groups is 1. The molecule has 3 N–H and O–H groups in total.